The zero-order valence-electron chi connectivity index (χ0n) is 11.5. The van der Waals surface area contributed by atoms with Crippen LogP contribution < -0.4 is 10.5 Å². The monoisotopic (exact) mass is 318 g/mol. The fourth-order valence-electron chi connectivity index (χ4n) is 1.74. The molecule has 0 heterocycles. The normalized spacial score (nSPS) is 14.6. The molecule has 112 valence electrons. The Morgan fingerprint density at radius 3 is 2.50 bits per heavy atom. The molecule has 8 heteroatoms. The van der Waals surface area contributed by atoms with Crippen LogP contribution >= 0.6 is 0 Å². The number of nitrogens with two attached hydrogens (primary N) is 1. The first-order valence-corrected chi connectivity index (χ1v) is 9.12. The number of carbonyl (C=O) groups is 1. The first kappa shape index (κ1) is 16.8. The zero-order chi connectivity index (χ0) is 15.5. The lowest BCUT2D eigenvalue weighted by atomic mass is 10.1. The minimum Gasteiger partial charge on any atom is -0.349 e. The second-order valence-corrected chi connectivity index (χ2v) is 7.74. The maximum atomic E-state index is 12.0. The second kappa shape index (κ2) is 6.47. The van der Waals surface area contributed by atoms with Gasteiger partial charge in [0.1, 0.15) is 0 Å². The molecule has 3 N–H and O–H groups in total. The molecule has 0 aliphatic heterocycles. The summed E-state index contributed by atoms with van der Waals surface area (Å²) in [4.78, 5) is 11.9. The van der Waals surface area contributed by atoms with Gasteiger partial charge in [0.05, 0.1) is 4.90 Å². The van der Waals surface area contributed by atoms with Crippen LogP contribution in [0.3, 0.4) is 0 Å². The molecule has 0 fully saturated rings. The number of rotatable bonds is 5. The molecule has 0 spiro atoms. The standard InChI is InChI=1S/C12H18N2O4S2/c1-8-4-10(6-11(5-8)20(13,17)18)12(15)14-9(2)7-19(3)16/h4-6,9H,7H2,1-3H3,(H,14,15)(H2,13,17,18). The number of amides is 1. The average molecular weight is 318 g/mol. The van der Waals surface area contributed by atoms with Gasteiger partial charge >= 0.3 is 0 Å². The van der Waals surface area contributed by atoms with Gasteiger partial charge in [-0.25, -0.2) is 13.6 Å². The number of carbonyl (C=O) groups excluding carboxylic acids is 1. The van der Waals surface area contributed by atoms with Crippen molar-refractivity contribution in [3.63, 3.8) is 0 Å². The maximum absolute atomic E-state index is 12.0. The third-order valence-electron chi connectivity index (χ3n) is 2.50. The van der Waals surface area contributed by atoms with E-state index in [1.165, 1.54) is 12.1 Å². The van der Waals surface area contributed by atoms with Crippen LogP contribution in [0.25, 0.3) is 0 Å². The van der Waals surface area contributed by atoms with E-state index in [1.807, 2.05) is 0 Å². The molecular weight excluding hydrogens is 300 g/mol. The Bertz CT molecular complexity index is 641. The van der Waals surface area contributed by atoms with Gasteiger partial charge in [0.15, 0.2) is 0 Å². The predicted octanol–water partition coefficient (Wildman–Crippen LogP) is 0.139. The van der Waals surface area contributed by atoms with Crippen molar-refractivity contribution >= 4 is 26.7 Å². The van der Waals surface area contributed by atoms with Crippen LogP contribution in [0.2, 0.25) is 0 Å². The molecule has 0 aliphatic carbocycles. The van der Waals surface area contributed by atoms with Crippen molar-refractivity contribution in [2.45, 2.75) is 24.8 Å². The number of primary sulfonamides is 1. The van der Waals surface area contributed by atoms with Gasteiger partial charge < -0.3 is 5.32 Å². The molecule has 20 heavy (non-hydrogen) atoms. The molecule has 0 saturated heterocycles. The summed E-state index contributed by atoms with van der Waals surface area (Å²) in [5.41, 5.74) is 0.830. The minimum atomic E-state index is -3.86. The molecule has 6 nitrogen and oxygen atoms in total. The number of nitrogens with one attached hydrogen (secondary N) is 1. The van der Waals surface area contributed by atoms with E-state index in [-0.39, 0.29) is 16.5 Å². The van der Waals surface area contributed by atoms with Crippen molar-refractivity contribution in [2.75, 3.05) is 12.0 Å². The molecule has 1 amide bonds. The van der Waals surface area contributed by atoms with Crippen molar-refractivity contribution in [3.05, 3.63) is 29.3 Å². The predicted molar refractivity (Wildman–Crippen MR) is 78.4 cm³/mol. The maximum Gasteiger partial charge on any atom is 0.251 e. The Morgan fingerprint density at radius 1 is 1.40 bits per heavy atom. The molecule has 2 unspecified atom stereocenters. The molecular formula is C12H18N2O4S2. The summed E-state index contributed by atoms with van der Waals surface area (Å²) < 4.78 is 33.7. The van der Waals surface area contributed by atoms with Gasteiger partial charge in [-0.3, -0.25) is 9.00 Å². The summed E-state index contributed by atoms with van der Waals surface area (Å²) in [5, 5.41) is 7.73. The van der Waals surface area contributed by atoms with Gasteiger partial charge in [-0.2, -0.15) is 0 Å². The Hall–Kier alpha value is -1.25. The highest BCUT2D eigenvalue weighted by Crippen LogP contribution is 2.13. The number of hydrogen-bond donors (Lipinski definition) is 2. The van der Waals surface area contributed by atoms with E-state index in [9.17, 15) is 17.4 Å². The summed E-state index contributed by atoms with van der Waals surface area (Å²) in [6, 6.07) is 3.93. The van der Waals surface area contributed by atoms with Gasteiger partial charge in [-0.15, -0.1) is 0 Å². The van der Waals surface area contributed by atoms with Crippen molar-refractivity contribution in [1.29, 1.82) is 0 Å². The SMILES string of the molecule is Cc1cc(C(=O)NC(C)CS(C)=O)cc(S(N)(=O)=O)c1. The Morgan fingerprint density at radius 2 is 2.00 bits per heavy atom. The van der Waals surface area contributed by atoms with E-state index in [1.54, 1.807) is 26.2 Å². The fourth-order valence-corrected chi connectivity index (χ4v) is 3.17. The molecule has 1 aromatic rings. The van der Waals surface area contributed by atoms with E-state index in [2.05, 4.69) is 5.32 Å². The van der Waals surface area contributed by atoms with E-state index in [0.717, 1.165) is 0 Å². The minimum absolute atomic E-state index is 0.102. The summed E-state index contributed by atoms with van der Waals surface area (Å²) in [5.74, 6) is -0.0869. The molecule has 1 rings (SSSR count). The highest BCUT2D eigenvalue weighted by molar-refractivity contribution is 7.89. The fraction of sp³-hybridized carbons (Fsp3) is 0.417. The van der Waals surface area contributed by atoms with Crippen molar-refractivity contribution in [3.8, 4) is 0 Å². The molecule has 0 aromatic heterocycles. The summed E-state index contributed by atoms with van der Waals surface area (Å²) in [7, 11) is -4.88. The van der Waals surface area contributed by atoms with Gasteiger partial charge in [0.25, 0.3) is 5.91 Å². The lowest BCUT2D eigenvalue weighted by Gasteiger charge is -2.13. The Balaban J connectivity index is 2.99. The quantitative estimate of drug-likeness (QED) is 0.805. The van der Waals surface area contributed by atoms with Crippen LogP contribution in [0.4, 0.5) is 0 Å². The zero-order valence-corrected chi connectivity index (χ0v) is 13.2. The van der Waals surface area contributed by atoms with Crippen molar-refractivity contribution in [2.24, 2.45) is 5.14 Å². The lowest BCUT2D eigenvalue weighted by molar-refractivity contribution is 0.0943. The molecule has 0 bridgehead atoms. The van der Waals surface area contributed by atoms with Crippen LogP contribution in [0, 0.1) is 6.92 Å². The summed E-state index contributed by atoms with van der Waals surface area (Å²) in [6.45, 7) is 3.41. The average Bonchev–Trinajstić information content (AvgIpc) is 2.25. The highest BCUT2D eigenvalue weighted by atomic mass is 32.2. The molecule has 0 saturated carbocycles. The smallest absolute Gasteiger partial charge is 0.251 e. The van der Waals surface area contributed by atoms with Crippen LogP contribution in [-0.2, 0) is 20.8 Å². The number of benzene rings is 1. The largest absolute Gasteiger partial charge is 0.349 e. The molecule has 0 aliphatic rings. The molecule has 1 aromatic carbocycles. The topological polar surface area (TPSA) is 106 Å². The van der Waals surface area contributed by atoms with Gasteiger partial charge in [0.2, 0.25) is 10.0 Å². The molecule has 0 radical (unpaired) electrons. The third kappa shape index (κ3) is 5.03. The number of sulfonamides is 1. The first-order chi connectivity index (χ1) is 9.09. The van der Waals surface area contributed by atoms with E-state index in [4.69, 9.17) is 5.14 Å². The Labute approximate surface area is 121 Å². The lowest BCUT2D eigenvalue weighted by Crippen LogP contribution is -2.36. The summed E-state index contributed by atoms with van der Waals surface area (Å²) in [6.07, 6.45) is 1.55. The first-order valence-electron chi connectivity index (χ1n) is 5.85. The summed E-state index contributed by atoms with van der Waals surface area (Å²) >= 11 is 0. The van der Waals surface area contributed by atoms with Gasteiger partial charge in [-0.05, 0) is 37.6 Å². The van der Waals surface area contributed by atoms with Gasteiger partial charge in [0, 0.05) is 34.4 Å². The second-order valence-electron chi connectivity index (χ2n) is 4.69. The van der Waals surface area contributed by atoms with Crippen LogP contribution in [0.5, 0.6) is 0 Å². The van der Waals surface area contributed by atoms with Crippen molar-refractivity contribution in [1.82, 2.24) is 5.32 Å². The highest BCUT2D eigenvalue weighted by Gasteiger charge is 2.15. The van der Waals surface area contributed by atoms with Gasteiger partial charge in [-0.1, -0.05) is 0 Å². The van der Waals surface area contributed by atoms with Crippen LogP contribution in [0.1, 0.15) is 22.8 Å². The van der Waals surface area contributed by atoms with Crippen LogP contribution in [-0.4, -0.2) is 36.6 Å². The van der Waals surface area contributed by atoms with Crippen LogP contribution in [0.15, 0.2) is 23.1 Å². The molecule has 2 atom stereocenters. The van der Waals surface area contributed by atoms with Crippen molar-refractivity contribution < 1.29 is 17.4 Å². The van der Waals surface area contributed by atoms with E-state index in [0.29, 0.717) is 11.3 Å². The Kier molecular flexibility index (Phi) is 5.43. The van der Waals surface area contributed by atoms with E-state index < -0.39 is 26.7 Å². The number of aryl methyl sites for hydroxylation is 1. The van der Waals surface area contributed by atoms with E-state index >= 15 is 0 Å². The number of hydrogen-bond acceptors (Lipinski definition) is 4. The third-order valence-corrected chi connectivity index (χ3v) is 4.37.